The van der Waals surface area contributed by atoms with Crippen molar-refractivity contribution in [2.45, 2.75) is 43.7 Å². The summed E-state index contributed by atoms with van der Waals surface area (Å²) >= 11 is 0. The maximum absolute atomic E-state index is 14.4. The van der Waals surface area contributed by atoms with Crippen molar-refractivity contribution in [1.29, 1.82) is 0 Å². The number of pyridine rings is 1. The van der Waals surface area contributed by atoms with Crippen LogP contribution in [0.1, 0.15) is 37.1 Å². The van der Waals surface area contributed by atoms with Gasteiger partial charge in [0.2, 0.25) is 5.82 Å². The first-order valence-electron chi connectivity index (χ1n) is 9.92. The van der Waals surface area contributed by atoms with E-state index < -0.39 is 54.0 Å². The number of hydrogen-bond acceptors (Lipinski definition) is 7. The van der Waals surface area contributed by atoms with E-state index in [9.17, 15) is 18.7 Å². The smallest absolute Gasteiger partial charge is 0.254 e. The molecular formula is C22H26F2N2O6. The number of anilines is 1. The van der Waals surface area contributed by atoms with E-state index in [1.807, 2.05) is 0 Å². The Kier molecular flexibility index (Phi) is 7.09. The molecular weight excluding hydrogens is 426 g/mol. The zero-order chi connectivity index (χ0) is 23.6. The fourth-order valence-corrected chi connectivity index (χ4v) is 4.06. The number of hydrogen-bond donors (Lipinski definition) is 3. The van der Waals surface area contributed by atoms with Crippen molar-refractivity contribution >= 4 is 11.6 Å². The average molecular weight is 452 g/mol. The number of halogens is 2. The van der Waals surface area contributed by atoms with Gasteiger partial charge in [-0.1, -0.05) is 6.07 Å². The number of nitrogens with one attached hydrogen (secondary N) is 1. The molecule has 1 aliphatic rings. The second-order valence-electron chi connectivity index (χ2n) is 7.96. The number of carbonyl (C=O) groups is 1. The summed E-state index contributed by atoms with van der Waals surface area (Å²) in [5.74, 6) is -3.95. The molecule has 0 aliphatic carbocycles. The standard InChI is InChI=1S/C22H26F2N2O6/c1-22(2)20(31-4)16(12-5-6-13(23)17(24)18(12)30-3)19(32-22)21(29)26-11-7-8-25-14(9-11)15(28)10-27/h5-9,15-16,19-20,27-28H,10H2,1-4H3,(H,25,26,29)/t15-,16-,19+,20-/m0/s1. The van der Waals surface area contributed by atoms with Gasteiger partial charge in [-0.3, -0.25) is 9.78 Å². The van der Waals surface area contributed by atoms with Crippen molar-refractivity contribution in [3.05, 3.63) is 53.4 Å². The molecule has 1 fully saturated rings. The quantitative estimate of drug-likeness (QED) is 0.591. The molecule has 1 aromatic heterocycles. The Balaban J connectivity index is 1.99. The molecule has 1 aromatic carbocycles. The minimum absolute atomic E-state index is 0.173. The molecule has 2 aromatic rings. The Labute approximate surface area is 184 Å². The van der Waals surface area contributed by atoms with E-state index in [-0.39, 0.29) is 17.0 Å². The molecule has 0 unspecified atom stereocenters. The van der Waals surface area contributed by atoms with Gasteiger partial charge in [0, 0.05) is 24.6 Å². The fourth-order valence-electron chi connectivity index (χ4n) is 4.06. The first-order valence-corrected chi connectivity index (χ1v) is 9.92. The number of nitrogens with zero attached hydrogens (tertiary/aromatic N) is 1. The van der Waals surface area contributed by atoms with Gasteiger partial charge < -0.3 is 29.7 Å². The van der Waals surface area contributed by atoms with E-state index in [0.29, 0.717) is 5.69 Å². The van der Waals surface area contributed by atoms with Crippen LogP contribution in [0.4, 0.5) is 14.5 Å². The van der Waals surface area contributed by atoms with Crippen molar-refractivity contribution in [3.63, 3.8) is 0 Å². The molecule has 1 amide bonds. The Morgan fingerprint density at radius 1 is 1.31 bits per heavy atom. The van der Waals surface area contributed by atoms with Crippen LogP contribution in [0.2, 0.25) is 0 Å². The molecule has 4 atom stereocenters. The summed E-state index contributed by atoms with van der Waals surface area (Å²) in [7, 11) is 2.66. The van der Waals surface area contributed by atoms with Crippen LogP contribution < -0.4 is 10.1 Å². The summed E-state index contributed by atoms with van der Waals surface area (Å²) in [6, 6.07) is 5.24. The van der Waals surface area contributed by atoms with Crippen molar-refractivity contribution in [2.75, 3.05) is 26.1 Å². The molecule has 3 N–H and O–H groups in total. The monoisotopic (exact) mass is 452 g/mol. The summed E-state index contributed by atoms with van der Waals surface area (Å²) in [6.45, 7) is 2.93. The first-order chi connectivity index (χ1) is 15.1. The molecule has 1 aliphatic heterocycles. The number of ether oxygens (including phenoxy) is 3. The highest BCUT2D eigenvalue weighted by Gasteiger charge is 2.54. The lowest BCUT2D eigenvalue weighted by Gasteiger charge is -2.28. The highest BCUT2D eigenvalue weighted by atomic mass is 19.2. The predicted octanol–water partition coefficient (Wildman–Crippen LogP) is 2.31. The lowest BCUT2D eigenvalue weighted by atomic mass is 9.83. The highest BCUT2D eigenvalue weighted by Crippen LogP contribution is 2.46. The summed E-state index contributed by atoms with van der Waals surface area (Å²) in [4.78, 5) is 17.2. The minimum atomic E-state index is -1.20. The number of benzene rings is 1. The maximum Gasteiger partial charge on any atom is 0.254 e. The Morgan fingerprint density at radius 2 is 2.03 bits per heavy atom. The van der Waals surface area contributed by atoms with Gasteiger partial charge in [0.05, 0.1) is 37.0 Å². The van der Waals surface area contributed by atoms with Gasteiger partial charge in [-0.25, -0.2) is 4.39 Å². The first kappa shape index (κ1) is 24.0. The number of rotatable bonds is 7. The van der Waals surface area contributed by atoms with Crippen LogP contribution in [-0.4, -0.2) is 59.7 Å². The molecule has 174 valence electrons. The van der Waals surface area contributed by atoms with Gasteiger partial charge in [-0.05, 0) is 32.0 Å². The van der Waals surface area contributed by atoms with E-state index in [1.165, 1.54) is 38.6 Å². The normalized spacial score (nSPS) is 23.1. The molecule has 0 bridgehead atoms. The average Bonchev–Trinajstić information content (AvgIpc) is 3.05. The fraction of sp³-hybridized carbons (Fsp3) is 0.455. The molecule has 0 radical (unpaired) electrons. The van der Waals surface area contributed by atoms with Crippen molar-refractivity contribution in [2.24, 2.45) is 0 Å². The van der Waals surface area contributed by atoms with E-state index >= 15 is 0 Å². The van der Waals surface area contributed by atoms with Crippen molar-refractivity contribution < 1.29 is 38.0 Å². The SMILES string of the molecule is COc1c([C@H]2[C@H](C(=O)Nc3ccnc([C@@H](O)CO)c3)OC(C)(C)[C@H]2OC)ccc(F)c1F. The molecule has 0 saturated carbocycles. The van der Waals surface area contributed by atoms with Crippen LogP contribution in [0.25, 0.3) is 0 Å². The Hall–Kier alpha value is -2.66. The van der Waals surface area contributed by atoms with Gasteiger partial charge in [-0.2, -0.15) is 4.39 Å². The van der Waals surface area contributed by atoms with Crippen LogP contribution in [-0.2, 0) is 14.3 Å². The topological polar surface area (TPSA) is 110 Å². The highest BCUT2D eigenvalue weighted by molar-refractivity contribution is 5.95. The molecule has 1 saturated heterocycles. The third-order valence-corrected chi connectivity index (χ3v) is 5.49. The van der Waals surface area contributed by atoms with Crippen LogP contribution in [0.15, 0.2) is 30.5 Å². The van der Waals surface area contributed by atoms with Crippen LogP contribution in [0.5, 0.6) is 5.75 Å². The molecule has 2 heterocycles. The lowest BCUT2D eigenvalue weighted by Crippen LogP contribution is -2.36. The molecule has 32 heavy (non-hydrogen) atoms. The molecule has 0 spiro atoms. The third-order valence-electron chi connectivity index (χ3n) is 5.49. The van der Waals surface area contributed by atoms with Crippen molar-refractivity contribution in [1.82, 2.24) is 4.98 Å². The van der Waals surface area contributed by atoms with E-state index in [1.54, 1.807) is 13.8 Å². The second-order valence-corrected chi connectivity index (χ2v) is 7.96. The minimum Gasteiger partial charge on any atom is -0.493 e. The maximum atomic E-state index is 14.4. The predicted molar refractivity (Wildman–Crippen MR) is 110 cm³/mol. The molecule has 8 nitrogen and oxygen atoms in total. The van der Waals surface area contributed by atoms with Gasteiger partial charge >= 0.3 is 0 Å². The number of aliphatic hydroxyl groups excluding tert-OH is 2. The Bertz CT molecular complexity index is 987. The number of aliphatic hydroxyl groups is 2. The number of methoxy groups -OCH3 is 2. The summed E-state index contributed by atoms with van der Waals surface area (Å²) in [5, 5.41) is 21.6. The zero-order valence-corrected chi connectivity index (χ0v) is 18.1. The van der Waals surface area contributed by atoms with E-state index in [2.05, 4.69) is 10.3 Å². The summed E-state index contributed by atoms with van der Waals surface area (Å²) in [6.07, 6.45) is -1.64. The summed E-state index contributed by atoms with van der Waals surface area (Å²) < 4.78 is 45.0. The largest absolute Gasteiger partial charge is 0.493 e. The van der Waals surface area contributed by atoms with Gasteiger partial charge in [-0.15, -0.1) is 0 Å². The molecule has 3 rings (SSSR count). The molecule has 10 heteroatoms. The van der Waals surface area contributed by atoms with Gasteiger partial charge in [0.15, 0.2) is 11.6 Å². The number of aromatic nitrogens is 1. The van der Waals surface area contributed by atoms with Gasteiger partial charge in [0.25, 0.3) is 5.91 Å². The van der Waals surface area contributed by atoms with Crippen molar-refractivity contribution in [3.8, 4) is 5.75 Å². The van der Waals surface area contributed by atoms with E-state index in [4.69, 9.17) is 19.3 Å². The van der Waals surface area contributed by atoms with Crippen LogP contribution >= 0.6 is 0 Å². The van der Waals surface area contributed by atoms with Crippen LogP contribution in [0, 0.1) is 11.6 Å². The Morgan fingerprint density at radius 3 is 2.66 bits per heavy atom. The third kappa shape index (κ3) is 4.44. The second kappa shape index (κ2) is 9.45. The summed E-state index contributed by atoms with van der Waals surface area (Å²) in [5.41, 5.74) is -0.222. The zero-order valence-electron chi connectivity index (χ0n) is 18.1. The van der Waals surface area contributed by atoms with E-state index in [0.717, 1.165) is 6.07 Å². The van der Waals surface area contributed by atoms with Crippen LogP contribution in [0.3, 0.4) is 0 Å². The lowest BCUT2D eigenvalue weighted by molar-refractivity contribution is -0.132. The number of amides is 1. The number of carbonyl (C=O) groups excluding carboxylic acids is 1. The van der Waals surface area contributed by atoms with Gasteiger partial charge in [0.1, 0.15) is 12.2 Å².